The number of allylic oxidation sites excluding steroid dienone is 5. The molecule has 0 aliphatic rings. The van der Waals surface area contributed by atoms with Gasteiger partial charge in [0, 0.05) is 6.42 Å². The molecule has 0 aromatic carbocycles. The standard InChI is InChI=1S/C64H125N2O6P/c1-6-8-10-12-14-16-18-20-22-24-26-28-30-32-34-36-38-40-42-44-46-48-50-52-54-56-58-64(68)65-62(61-72-73(69,70)71-60-59-66(3,4)5)63(67)57-55-53-51-49-47-45-43-41-39-37-35-33-31-29-27-25-23-21-19-17-15-13-11-9-7-2/h39,41,47,49,55,57,62-63,67H,6-38,40,42-46,48,50-54,56,58-61H2,1-5H3,(H-,65,68,69,70)/b41-39+,49-47+,57-55+. The smallest absolute Gasteiger partial charge is 0.268 e. The number of amides is 1. The monoisotopic (exact) mass is 1050 g/mol. The number of aliphatic hydroxyl groups is 1. The summed E-state index contributed by atoms with van der Waals surface area (Å²) in [5.41, 5.74) is 0. The van der Waals surface area contributed by atoms with Crippen LogP contribution in [0.25, 0.3) is 0 Å². The summed E-state index contributed by atoms with van der Waals surface area (Å²) in [5.74, 6) is -0.205. The Bertz CT molecular complexity index is 1280. The topological polar surface area (TPSA) is 108 Å². The Labute approximate surface area is 455 Å². The number of unbranched alkanes of at least 4 members (excludes halogenated alkanes) is 42. The lowest BCUT2D eigenvalue weighted by atomic mass is 10.0. The maximum absolute atomic E-state index is 13.0. The molecule has 1 amide bonds. The van der Waals surface area contributed by atoms with Gasteiger partial charge in [0.1, 0.15) is 13.2 Å². The first-order valence-electron chi connectivity index (χ1n) is 31.9. The summed E-state index contributed by atoms with van der Waals surface area (Å²) in [4.78, 5) is 25.6. The van der Waals surface area contributed by atoms with Crippen molar-refractivity contribution in [2.24, 2.45) is 0 Å². The first kappa shape index (κ1) is 71.7. The van der Waals surface area contributed by atoms with Gasteiger partial charge >= 0.3 is 0 Å². The van der Waals surface area contributed by atoms with Crippen molar-refractivity contribution in [1.29, 1.82) is 0 Å². The molecule has 3 unspecified atom stereocenters. The van der Waals surface area contributed by atoms with Gasteiger partial charge in [0.05, 0.1) is 39.9 Å². The van der Waals surface area contributed by atoms with E-state index in [1.807, 2.05) is 27.2 Å². The molecule has 0 radical (unpaired) electrons. The van der Waals surface area contributed by atoms with Crippen molar-refractivity contribution in [3.8, 4) is 0 Å². The number of phosphoric ester groups is 1. The quantitative estimate of drug-likeness (QED) is 0.0272. The number of phosphoric acid groups is 1. The van der Waals surface area contributed by atoms with Gasteiger partial charge in [-0.3, -0.25) is 9.36 Å². The Morgan fingerprint density at radius 3 is 1.11 bits per heavy atom. The molecule has 0 bridgehead atoms. The third kappa shape index (κ3) is 58.2. The van der Waals surface area contributed by atoms with Gasteiger partial charge < -0.3 is 28.8 Å². The lowest BCUT2D eigenvalue weighted by Gasteiger charge is -2.29. The van der Waals surface area contributed by atoms with Gasteiger partial charge in [0.2, 0.25) is 5.91 Å². The Morgan fingerprint density at radius 2 is 0.767 bits per heavy atom. The predicted octanol–water partition coefficient (Wildman–Crippen LogP) is 19.1. The fourth-order valence-electron chi connectivity index (χ4n) is 9.60. The van der Waals surface area contributed by atoms with Crippen LogP contribution in [0.4, 0.5) is 0 Å². The van der Waals surface area contributed by atoms with Gasteiger partial charge in [0.15, 0.2) is 0 Å². The van der Waals surface area contributed by atoms with E-state index in [9.17, 15) is 19.4 Å². The summed E-state index contributed by atoms with van der Waals surface area (Å²) in [6, 6.07) is -0.909. The Balaban J connectivity index is 4.18. The highest BCUT2D eigenvalue weighted by Gasteiger charge is 2.23. The molecular formula is C64H125N2O6P. The molecule has 0 aliphatic carbocycles. The molecule has 0 aromatic rings. The minimum atomic E-state index is -4.61. The summed E-state index contributed by atoms with van der Waals surface area (Å²) in [6.07, 6.45) is 72.5. The van der Waals surface area contributed by atoms with Crippen LogP contribution in [-0.4, -0.2) is 68.5 Å². The van der Waals surface area contributed by atoms with Crippen LogP contribution in [0, 0.1) is 0 Å². The van der Waals surface area contributed by atoms with Crippen molar-refractivity contribution < 1.29 is 32.9 Å². The number of hydrogen-bond acceptors (Lipinski definition) is 6. The van der Waals surface area contributed by atoms with Crippen LogP contribution < -0.4 is 10.2 Å². The highest BCUT2D eigenvalue weighted by Crippen LogP contribution is 2.38. The number of nitrogens with one attached hydrogen (secondary N) is 1. The number of carbonyl (C=O) groups is 1. The first-order chi connectivity index (χ1) is 35.5. The van der Waals surface area contributed by atoms with Gasteiger partial charge in [-0.15, -0.1) is 0 Å². The maximum atomic E-state index is 13.0. The van der Waals surface area contributed by atoms with E-state index in [1.54, 1.807) is 6.08 Å². The van der Waals surface area contributed by atoms with Gasteiger partial charge in [-0.05, 0) is 44.9 Å². The van der Waals surface area contributed by atoms with E-state index in [-0.39, 0.29) is 12.5 Å². The molecule has 2 N–H and O–H groups in total. The van der Waals surface area contributed by atoms with E-state index in [0.29, 0.717) is 17.4 Å². The van der Waals surface area contributed by atoms with E-state index < -0.39 is 26.6 Å². The predicted molar refractivity (Wildman–Crippen MR) is 316 cm³/mol. The first-order valence-corrected chi connectivity index (χ1v) is 33.3. The highest BCUT2D eigenvalue weighted by molar-refractivity contribution is 7.45. The molecule has 0 saturated heterocycles. The third-order valence-electron chi connectivity index (χ3n) is 14.6. The molecule has 9 heteroatoms. The number of aliphatic hydroxyl groups excluding tert-OH is 1. The van der Waals surface area contributed by atoms with E-state index in [1.165, 1.54) is 250 Å². The average molecular weight is 1050 g/mol. The van der Waals surface area contributed by atoms with Crippen LogP contribution in [0.15, 0.2) is 36.5 Å². The second kappa shape index (κ2) is 55.5. The van der Waals surface area contributed by atoms with Crippen LogP contribution in [0.3, 0.4) is 0 Å². The molecule has 73 heavy (non-hydrogen) atoms. The highest BCUT2D eigenvalue weighted by atomic mass is 31.2. The number of hydrogen-bond donors (Lipinski definition) is 2. The number of rotatable bonds is 59. The van der Waals surface area contributed by atoms with Crippen LogP contribution >= 0.6 is 7.82 Å². The van der Waals surface area contributed by atoms with Crippen molar-refractivity contribution in [2.45, 2.75) is 328 Å². The van der Waals surface area contributed by atoms with Crippen molar-refractivity contribution in [3.05, 3.63) is 36.5 Å². The molecule has 0 aromatic heterocycles. The van der Waals surface area contributed by atoms with Crippen LogP contribution in [0.1, 0.15) is 316 Å². The molecule has 0 fully saturated rings. The Morgan fingerprint density at radius 1 is 0.466 bits per heavy atom. The van der Waals surface area contributed by atoms with Crippen molar-refractivity contribution in [3.63, 3.8) is 0 Å². The molecule has 0 heterocycles. The Hall–Kier alpha value is -1.28. The molecule has 0 saturated carbocycles. The van der Waals surface area contributed by atoms with Crippen LogP contribution in [0.5, 0.6) is 0 Å². The summed E-state index contributed by atoms with van der Waals surface area (Å²) in [6.45, 7) is 4.67. The van der Waals surface area contributed by atoms with Crippen LogP contribution in [0.2, 0.25) is 0 Å². The Kier molecular flexibility index (Phi) is 54.5. The lowest BCUT2D eigenvalue weighted by Crippen LogP contribution is -2.45. The SMILES string of the molecule is CCCCCCCCCCCCCCCCC/C=C/CC/C=C/CC/C=C/C(O)C(COP(=O)([O-])OCC[N+](C)(C)C)NC(=O)CCCCCCCCCCCCCCCCCCCCCCCCCCCC. The van der Waals surface area contributed by atoms with E-state index in [2.05, 4.69) is 43.5 Å². The zero-order valence-corrected chi connectivity index (χ0v) is 50.3. The van der Waals surface area contributed by atoms with Crippen molar-refractivity contribution >= 4 is 13.7 Å². The van der Waals surface area contributed by atoms with Gasteiger partial charge in [-0.25, -0.2) is 0 Å². The minimum Gasteiger partial charge on any atom is -0.756 e. The third-order valence-corrected chi connectivity index (χ3v) is 15.5. The van der Waals surface area contributed by atoms with Gasteiger partial charge in [0.25, 0.3) is 7.82 Å². The van der Waals surface area contributed by atoms with E-state index >= 15 is 0 Å². The molecule has 3 atom stereocenters. The molecule has 432 valence electrons. The number of likely N-dealkylation sites (N-methyl/N-ethyl adjacent to an activating group) is 1. The summed E-state index contributed by atoms with van der Waals surface area (Å²) in [7, 11) is 1.25. The zero-order chi connectivity index (χ0) is 53.5. The number of carbonyl (C=O) groups excluding carboxylic acids is 1. The average Bonchev–Trinajstić information content (AvgIpc) is 3.35. The van der Waals surface area contributed by atoms with Gasteiger partial charge in [-0.2, -0.15) is 0 Å². The molecule has 8 nitrogen and oxygen atoms in total. The van der Waals surface area contributed by atoms with Crippen molar-refractivity contribution in [1.82, 2.24) is 5.32 Å². The summed E-state index contributed by atoms with van der Waals surface area (Å²) < 4.78 is 23.4. The minimum absolute atomic E-state index is 0.00720. The number of quaternary nitrogens is 1. The second-order valence-electron chi connectivity index (χ2n) is 23.1. The fourth-order valence-corrected chi connectivity index (χ4v) is 10.3. The molecule has 0 rings (SSSR count). The van der Waals surface area contributed by atoms with Crippen LogP contribution in [-0.2, 0) is 18.4 Å². The zero-order valence-electron chi connectivity index (χ0n) is 49.4. The van der Waals surface area contributed by atoms with E-state index in [0.717, 1.165) is 44.9 Å². The summed E-state index contributed by atoms with van der Waals surface area (Å²) in [5, 5.41) is 13.9. The molecule has 0 spiro atoms. The normalized spacial score (nSPS) is 14.0. The maximum Gasteiger partial charge on any atom is 0.268 e. The van der Waals surface area contributed by atoms with E-state index in [4.69, 9.17) is 9.05 Å². The van der Waals surface area contributed by atoms with Crippen molar-refractivity contribution in [2.75, 3.05) is 40.9 Å². The lowest BCUT2D eigenvalue weighted by molar-refractivity contribution is -0.870. The van der Waals surface area contributed by atoms with Gasteiger partial charge in [-0.1, -0.05) is 301 Å². The fraction of sp³-hybridized carbons (Fsp3) is 0.891. The molecular weight excluding hydrogens is 924 g/mol. The largest absolute Gasteiger partial charge is 0.756 e. The summed E-state index contributed by atoms with van der Waals surface area (Å²) >= 11 is 0. The number of nitrogens with zero attached hydrogens (tertiary/aromatic N) is 1. The second-order valence-corrected chi connectivity index (χ2v) is 24.5. The molecule has 0 aliphatic heterocycles.